The Morgan fingerprint density at radius 2 is 2.28 bits per heavy atom. The lowest BCUT2D eigenvalue weighted by molar-refractivity contribution is 0.407. The van der Waals surface area contributed by atoms with Gasteiger partial charge in [-0.15, -0.1) is 22.0 Å². The van der Waals surface area contributed by atoms with Crippen molar-refractivity contribution in [3.8, 4) is 0 Å². The zero-order chi connectivity index (χ0) is 12.5. The second kappa shape index (κ2) is 4.74. The Morgan fingerprint density at radius 1 is 1.44 bits per heavy atom. The zero-order valence-corrected chi connectivity index (χ0v) is 11.0. The molecule has 1 aromatic heterocycles. The average molecular weight is 261 g/mol. The number of fused-ring (bicyclic) bond motifs is 1. The largest absolute Gasteiger partial charge is 0.423 e. The molecule has 0 amide bonds. The number of hydrogen-bond acceptors (Lipinski definition) is 5. The Morgan fingerprint density at radius 3 is 3.11 bits per heavy atom. The van der Waals surface area contributed by atoms with E-state index in [9.17, 15) is 0 Å². The molecule has 1 aliphatic heterocycles. The minimum absolute atomic E-state index is 0.157. The van der Waals surface area contributed by atoms with Crippen molar-refractivity contribution in [3.63, 3.8) is 0 Å². The van der Waals surface area contributed by atoms with Crippen LogP contribution in [0.5, 0.6) is 0 Å². The first-order valence-corrected chi connectivity index (χ1v) is 7.08. The van der Waals surface area contributed by atoms with Gasteiger partial charge in [-0.25, -0.2) is 0 Å². The van der Waals surface area contributed by atoms with Gasteiger partial charge < -0.3 is 10.2 Å². The average Bonchev–Trinajstić information content (AvgIpc) is 3.03. The van der Waals surface area contributed by atoms with E-state index < -0.39 is 0 Å². The van der Waals surface area contributed by atoms with E-state index in [2.05, 4.69) is 28.4 Å². The topological polar surface area (TPSA) is 64.9 Å². The Balaban J connectivity index is 1.91. The molecule has 94 valence electrons. The molecule has 5 heteroatoms. The van der Waals surface area contributed by atoms with Crippen molar-refractivity contribution >= 4 is 11.8 Å². The number of aromatic nitrogens is 2. The zero-order valence-electron chi connectivity index (χ0n) is 10.2. The minimum Gasteiger partial charge on any atom is -0.423 e. The maximum atomic E-state index is 5.90. The van der Waals surface area contributed by atoms with Crippen LogP contribution in [0.15, 0.2) is 33.6 Å². The van der Waals surface area contributed by atoms with Crippen LogP contribution < -0.4 is 5.73 Å². The molecule has 0 bridgehead atoms. The normalized spacial score (nSPS) is 19.8. The number of nitrogens with two attached hydrogens (primary N) is 1. The first kappa shape index (κ1) is 11.7. The third-order valence-corrected chi connectivity index (χ3v) is 4.39. The SMILES string of the molecule is CCC(N)c1nnc(C2CSc3ccccc32)o1. The third-order valence-electron chi connectivity index (χ3n) is 3.21. The highest BCUT2D eigenvalue weighted by Gasteiger charge is 2.29. The molecule has 1 aliphatic rings. The summed E-state index contributed by atoms with van der Waals surface area (Å²) in [6.07, 6.45) is 0.803. The highest BCUT2D eigenvalue weighted by Crippen LogP contribution is 2.42. The van der Waals surface area contributed by atoms with Gasteiger partial charge in [-0.2, -0.15) is 0 Å². The molecule has 2 aromatic rings. The van der Waals surface area contributed by atoms with Gasteiger partial charge in [0.25, 0.3) is 0 Å². The van der Waals surface area contributed by atoms with E-state index in [1.54, 1.807) is 0 Å². The predicted octanol–water partition coefficient (Wildman–Crippen LogP) is 2.72. The highest BCUT2D eigenvalue weighted by molar-refractivity contribution is 7.99. The van der Waals surface area contributed by atoms with Crippen molar-refractivity contribution in [2.24, 2.45) is 5.73 Å². The summed E-state index contributed by atoms with van der Waals surface area (Å²) in [6.45, 7) is 2.01. The summed E-state index contributed by atoms with van der Waals surface area (Å²) in [6, 6.07) is 8.21. The Labute approximate surface area is 110 Å². The number of hydrogen-bond donors (Lipinski definition) is 1. The Hall–Kier alpha value is -1.33. The summed E-state index contributed by atoms with van der Waals surface area (Å²) < 4.78 is 5.72. The van der Waals surface area contributed by atoms with Gasteiger partial charge in [-0.3, -0.25) is 0 Å². The molecule has 0 saturated heterocycles. The van der Waals surface area contributed by atoms with Crippen LogP contribution in [0.3, 0.4) is 0 Å². The van der Waals surface area contributed by atoms with E-state index in [4.69, 9.17) is 10.2 Å². The van der Waals surface area contributed by atoms with Crippen LogP contribution in [0.2, 0.25) is 0 Å². The molecule has 0 aliphatic carbocycles. The van der Waals surface area contributed by atoms with Crippen LogP contribution in [0, 0.1) is 0 Å². The maximum Gasteiger partial charge on any atom is 0.233 e. The number of benzene rings is 1. The van der Waals surface area contributed by atoms with Crippen molar-refractivity contribution in [1.29, 1.82) is 0 Å². The van der Waals surface area contributed by atoms with Crippen LogP contribution in [0.4, 0.5) is 0 Å². The lowest BCUT2D eigenvalue weighted by Crippen LogP contribution is -2.08. The number of rotatable bonds is 3. The lowest BCUT2D eigenvalue weighted by atomic mass is 10.0. The number of nitrogens with zero attached hydrogens (tertiary/aromatic N) is 2. The molecule has 1 aromatic carbocycles. The number of thioether (sulfide) groups is 1. The molecule has 3 rings (SSSR count). The fraction of sp³-hybridized carbons (Fsp3) is 0.385. The molecule has 0 fully saturated rings. The van der Waals surface area contributed by atoms with Gasteiger partial charge in [0.05, 0.1) is 12.0 Å². The van der Waals surface area contributed by atoms with Gasteiger partial charge >= 0.3 is 0 Å². The first-order chi connectivity index (χ1) is 8.79. The van der Waals surface area contributed by atoms with Gasteiger partial charge in [0.2, 0.25) is 11.8 Å². The molecule has 2 N–H and O–H groups in total. The quantitative estimate of drug-likeness (QED) is 0.920. The van der Waals surface area contributed by atoms with Crippen molar-refractivity contribution in [2.75, 3.05) is 5.75 Å². The van der Waals surface area contributed by atoms with Crippen LogP contribution in [-0.2, 0) is 0 Å². The molecule has 4 nitrogen and oxygen atoms in total. The fourth-order valence-electron chi connectivity index (χ4n) is 2.08. The summed E-state index contributed by atoms with van der Waals surface area (Å²) >= 11 is 1.84. The van der Waals surface area contributed by atoms with E-state index >= 15 is 0 Å². The van der Waals surface area contributed by atoms with E-state index in [1.807, 2.05) is 24.8 Å². The van der Waals surface area contributed by atoms with Gasteiger partial charge in [-0.1, -0.05) is 25.1 Å². The van der Waals surface area contributed by atoms with Crippen LogP contribution in [-0.4, -0.2) is 16.0 Å². The molecule has 0 spiro atoms. The molecular weight excluding hydrogens is 246 g/mol. The Bertz CT molecular complexity index is 555. The van der Waals surface area contributed by atoms with E-state index in [0.29, 0.717) is 11.8 Å². The maximum absolute atomic E-state index is 5.90. The van der Waals surface area contributed by atoms with Gasteiger partial charge in [0.15, 0.2) is 0 Å². The molecule has 0 saturated carbocycles. The van der Waals surface area contributed by atoms with E-state index in [0.717, 1.165) is 12.2 Å². The fourth-order valence-corrected chi connectivity index (χ4v) is 3.30. The second-order valence-electron chi connectivity index (χ2n) is 4.39. The summed E-state index contributed by atoms with van der Waals surface area (Å²) in [5.41, 5.74) is 7.18. The minimum atomic E-state index is -0.157. The predicted molar refractivity (Wildman–Crippen MR) is 70.5 cm³/mol. The van der Waals surface area contributed by atoms with Crippen molar-refractivity contribution in [2.45, 2.75) is 30.2 Å². The second-order valence-corrected chi connectivity index (χ2v) is 5.46. The summed E-state index contributed by atoms with van der Waals surface area (Å²) in [5.74, 6) is 2.40. The van der Waals surface area contributed by atoms with Crippen LogP contribution in [0.25, 0.3) is 0 Å². The van der Waals surface area contributed by atoms with Gasteiger partial charge in [0.1, 0.15) is 0 Å². The molecule has 2 unspecified atom stereocenters. The summed E-state index contributed by atoms with van der Waals surface area (Å²) in [7, 11) is 0. The first-order valence-electron chi connectivity index (χ1n) is 6.10. The smallest absolute Gasteiger partial charge is 0.233 e. The molecule has 0 radical (unpaired) electrons. The van der Waals surface area contributed by atoms with Crippen molar-refractivity contribution < 1.29 is 4.42 Å². The summed E-state index contributed by atoms with van der Waals surface area (Å²) in [4.78, 5) is 1.31. The van der Waals surface area contributed by atoms with E-state index in [-0.39, 0.29) is 12.0 Å². The summed E-state index contributed by atoms with van der Waals surface area (Å²) in [5, 5.41) is 8.21. The molecular formula is C13H15N3OS. The van der Waals surface area contributed by atoms with Crippen molar-refractivity contribution in [1.82, 2.24) is 10.2 Å². The standard InChI is InChI=1S/C13H15N3OS/c1-2-10(14)13-16-15-12(17-13)9-7-18-11-6-4-3-5-8(9)11/h3-6,9-10H,2,7,14H2,1H3. The lowest BCUT2D eigenvalue weighted by Gasteiger charge is -2.05. The van der Waals surface area contributed by atoms with E-state index in [1.165, 1.54) is 10.5 Å². The molecule has 2 heterocycles. The molecule has 18 heavy (non-hydrogen) atoms. The molecule has 2 atom stereocenters. The Kier molecular flexibility index (Phi) is 3.09. The van der Waals surface area contributed by atoms with Crippen molar-refractivity contribution in [3.05, 3.63) is 41.6 Å². The monoisotopic (exact) mass is 261 g/mol. The van der Waals surface area contributed by atoms with Crippen LogP contribution >= 0.6 is 11.8 Å². The van der Waals surface area contributed by atoms with Crippen LogP contribution in [0.1, 0.15) is 42.6 Å². The van der Waals surface area contributed by atoms with Gasteiger partial charge in [0, 0.05) is 10.6 Å². The third kappa shape index (κ3) is 1.93. The van der Waals surface area contributed by atoms with Gasteiger partial charge in [-0.05, 0) is 18.1 Å². The highest BCUT2D eigenvalue weighted by atomic mass is 32.2.